The molecule has 1 aliphatic rings. The number of aryl methyl sites for hydroxylation is 2. The lowest BCUT2D eigenvalue weighted by Crippen LogP contribution is -2.05. The molecule has 0 saturated heterocycles. The number of hydrogen-bond acceptors (Lipinski definition) is 3. The van der Waals surface area contributed by atoms with Crippen LogP contribution in [0.1, 0.15) is 48.8 Å². The Morgan fingerprint density at radius 3 is 2.71 bits per heavy atom. The van der Waals surface area contributed by atoms with E-state index in [1.165, 1.54) is 31.5 Å². The predicted molar refractivity (Wildman–Crippen MR) is 65.8 cm³/mol. The molecule has 2 aromatic heterocycles. The first-order valence-corrected chi connectivity index (χ1v) is 6.33. The molecule has 0 bridgehead atoms. The minimum Gasteiger partial charge on any atom is -0.325 e. The van der Waals surface area contributed by atoms with Gasteiger partial charge in [-0.3, -0.25) is 4.57 Å². The largest absolute Gasteiger partial charge is 0.325 e. The van der Waals surface area contributed by atoms with Gasteiger partial charge in [0.25, 0.3) is 0 Å². The van der Waals surface area contributed by atoms with Gasteiger partial charge in [0.2, 0.25) is 5.78 Å². The highest BCUT2D eigenvalue weighted by Crippen LogP contribution is 2.33. The summed E-state index contributed by atoms with van der Waals surface area (Å²) in [6.45, 7) is 2.49. The van der Waals surface area contributed by atoms with Crippen molar-refractivity contribution >= 4 is 5.78 Å². The van der Waals surface area contributed by atoms with Crippen LogP contribution >= 0.6 is 0 Å². The van der Waals surface area contributed by atoms with Gasteiger partial charge >= 0.3 is 0 Å². The normalized spacial score (nSPS) is 17.4. The van der Waals surface area contributed by atoms with Gasteiger partial charge in [0, 0.05) is 19.5 Å². The van der Waals surface area contributed by atoms with Crippen molar-refractivity contribution in [3.63, 3.8) is 0 Å². The predicted octanol–water partition coefficient (Wildman–Crippen LogP) is 1.49. The zero-order valence-electron chi connectivity index (χ0n) is 10.5. The third-order valence-corrected chi connectivity index (χ3v) is 3.89. The lowest BCUT2D eigenvalue weighted by molar-refractivity contribution is 0.626. The van der Waals surface area contributed by atoms with Gasteiger partial charge in [-0.25, -0.2) is 4.98 Å². The molecular weight excluding hydrogens is 214 g/mol. The summed E-state index contributed by atoms with van der Waals surface area (Å²) < 4.78 is 4.05. The smallest absolute Gasteiger partial charge is 0.232 e. The maximum atomic E-state index is 5.76. The summed E-state index contributed by atoms with van der Waals surface area (Å²) in [7, 11) is 2.06. The molecule has 0 unspecified atom stereocenters. The third kappa shape index (κ3) is 1.49. The van der Waals surface area contributed by atoms with E-state index >= 15 is 0 Å². The average Bonchev–Trinajstić information content (AvgIpc) is 2.97. The molecular formula is C12H19N5. The quantitative estimate of drug-likeness (QED) is 0.855. The molecule has 1 saturated carbocycles. The number of rotatable bonds is 2. The van der Waals surface area contributed by atoms with E-state index in [1.807, 2.05) is 11.4 Å². The van der Waals surface area contributed by atoms with Crippen molar-refractivity contribution in [2.24, 2.45) is 12.8 Å². The van der Waals surface area contributed by atoms with Crippen LogP contribution in [0.5, 0.6) is 0 Å². The van der Waals surface area contributed by atoms with Crippen LogP contribution in [-0.4, -0.2) is 19.2 Å². The molecule has 0 aromatic carbocycles. The molecule has 2 aromatic rings. The van der Waals surface area contributed by atoms with Gasteiger partial charge in [-0.1, -0.05) is 12.8 Å². The first-order chi connectivity index (χ1) is 8.22. The molecule has 1 fully saturated rings. The number of nitrogens with zero attached hydrogens (tertiary/aromatic N) is 4. The van der Waals surface area contributed by atoms with Gasteiger partial charge in [-0.15, -0.1) is 0 Å². The molecule has 2 N–H and O–H groups in total. The Kier molecular flexibility index (Phi) is 2.43. The van der Waals surface area contributed by atoms with Crippen molar-refractivity contribution in [2.45, 2.75) is 45.1 Å². The Balaban J connectivity index is 2.15. The SMILES string of the molecule is Cc1nc2n(C)c(C3CCCC3)nn2c1CN. The number of hydrogen-bond donors (Lipinski definition) is 1. The second-order valence-corrected chi connectivity index (χ2v) is 4.96. The summed E-state index contributed by atoms with van der Waals surface area (Å²) in [5.41, 5.74) is 7.78. The van der Waals surface area contributed by atoms with Gasteiger partial charge in [0.1, 0.15) is 5.82 Å². The van der Waals surface area contributed by atoms with Gasteiger partial charge < -0.3 is 5.73 Å². The van der Waals surface area contributed by atoms with Gasteiger partial charge in [-0.2, -0.15) is 9.61 Å². The first-order valence-electron chi connectivity index (χ1n) is 6.33. The summed E-state index contributed by atoms with van der Waals surface area (Å²) in [5, 5.41) is 4.72. The van der Waals surface area contributed by atoms with Crippen LogP contribution in [0.2, 0.25) is 0 Å². The van der Waals surface area contributed by atoms with Crippen molar-refractivity contribution < 1.29 is 0 Å². The summed E-state index contributed by atoms with van der Waals surface area (Å²) in [6.07, 6.45) is 5.15. The fourth-order valence-corrected chi connectivity index (χ4v) is 2.90. The Morgan fingerprint density at radius 2 is 2.06 bits per heavy atom. The van der Waals surface area contributed by atoms with Gasteiger partial charge in [-0.05, 0) is 19.8 Å². The minimum absolute atomic E-state index is 0.494. The average molecular weight is 233 g/mol. The minimum atomic E-state index is 0.494. The van der Waals surface area contributed by atoms with Crippen molar-refractivity contribution in [1.29, 1.82) is 0 Å². The third-order valence-electron chi connectivity index (χ3n) is 3.89. The van der Waals surface area contributed by atoms with E-state index in [4.69, 9.17) is 10.8 Å². The lowest BCUT2D eigenvalue weighted by atomic mass is 10.1. The second kappa shape index (κ2) is 3.84. The molecule has 92 valence electrons. The van der Waals surface area contributed by atoms with E-state index in [1.54, 1.807) is 0 Å². The molecule has 5 nitrogen and oxygen atoms in total. The van der Waals surface area contributed by atoms with Crippen molar-refractivity contribution in [3.8, 4) is 0 Å². The number of fused-ring (bicyclic) bond motifs is 1. The Labute approximate surface area is 101 Å². The Morgan fingerprint density at radius 1 is 1.35 bits per heavy atom. The lowest BCUT2D eigenvalue weighted by Gasteiger charge is -2.07. The van der Waals surface area contributed by atoms with Crippen LogP contribution in [-0.2, 0) is 13.6 Å². The molecule has 0 radical (unpaired) electrons. The van der Waals surface area contributed by atoms with Crippen molar-refractivity contribution in [1.82, 2.24) is 19.2 Å². The maximum Gasteiger partial charge on any atom is 0.232 e. The molecule has 5 heteroatoms. The Hall–Kier alpha value is -1.36. The van der Waals surface area contributed by atoms with Crippen LogP contribution in [0.15, 0.2) is 0 Å². The van der Waals surface area contributed by atoms with Crippen LogP contribution < -0.4 is 5.73 Å². The molecule has 1 aliphatic carbocycles. The highest BCUT2D eigenvalue weighted by atomic mass is 15.4. The highest BCUT2D eigenvalue weighted by Gasteiger charge is 2.24. The molecule has 17 heavy (non-hydrogen) atoms. The zero-order chi connectivity index (χ0) is 12.0. The van der Waals surface area contributed by atoms with E-state index in [2.05, 4.69) is 16.6 Å². The van der Waals surface area contributed by atoms with E-state index in [0.717, 1.165) is 17.2 Å². The monoisotopic (exact) mass is 233 g/mol. The van der Waals surface area contributed by atoms with Crippen LogP contribution in [0, 0.1) is 6.92 Å². The molecule has 0 spiro atoms. The first kappa shape index (κ1) is 10.8. The molecule has 0 atom stereocenters. The molecule has 2 heterocycles. The summed E-state index contributed by atoms with van der Waals surface area (Å²) in [5.74, 6) is 2.69. The number of imidazole rings is 1. The fourth-order valence-electron chi connectivity index (χ4n) is 2.90. The second-order valence-electron chi connectivity index (χ2n) is 4.96. The van der Waals surface area contributed by atoms with Crippen molar-refractivity contribution in [3.05, 3.63) is 17.2 Å². The topological polar surface area (TPSA) is 61.1 Å². The number of aromatic nitrogens is 4. The molecule has 3 rings (SSSR count). The zero-order valence-corrected chi connectivity index (χ0v) is 10.5. The maximum absolute atomic E-state index is 5.76. The standard InChI is InChI=1S/C12H19N5/c1-8-10(7-13)17-12(14-8)16(2)11(15-17)9-5-3-4-6-9/h9H,3-7,13H2,1-2H3. The Bertz CT molecular complexity index is 545. The number of nitrogens with two attached hydrogens (primary N) is 1. The van der Waals surface area contributed by atoms with Crippen molar-refractivity contribution in [2.75, 3.05) is 0 Å². The van der Waals surface area contributed by atoms with E-state index in [-0.39, 0.29) is 0 Å². The van der Waals surface area contributed by atoms with Crippen LogP contribution in [0.25, 0.3) is 5.78 Å². The van der Waals surface area contributed by atoms with E-state index in [9.17, 15) is 0 Å². The summed E-state index contributed by atoms with van der Waals surface area (Å²) >= 11 is 0. The van der Waals surface area contributed by atoms with E-state index < -0.39 is 0 Å². The summed E-state index contributed by atoms with van der Waals surface area (Å²) in [4.78, 5) is 4.56. The van der Waals surface area contributed by atoms with Gasteiger partial charge in [0.05, 0.1) is 11.4 Å². The highest BCUT2D eigenvalue weighted by molar-refractivity contribution is 5.37. The summed E-state index contributed by atoms with van der Waals surface area (Å²) in [6, 6.07) is 0. The molecule has 0 aliphatic heterocycles. The van der Waals surface area contributed by atoms with Crippen LogP contribution in [0.3, 0.4) is 0 Å². The fraction of sp³-hybridized carbons (Fsp3) is 0.667. The van der Waals surface area contributed by atoms with E-state index in [0.29, 0.717) is 12.5 Å². The van der Waals surface area contributed by atoms with Crippen LogP contribution in [0.4, 0.5) is 0 Å². The van der Waals surface area contributed by atoms with Gasteiger partial charge in [0.15, 0.2) is 0 Å². The molecule has 0 amide bonds.